The van der Waals surface area contributed by atoms with Crippen LogP contribution in [0.2, 0.25) is 18.1 Å². The van der Waals surface area contributed by atoms with E-state index < -0.39 is 19.5 Å². The largest absolute Gasteiger partial charge is 0.313 e. The van der Waals surface area contributed by atoms with Crippen LogP contribution in [0.25, 0.3) is 0 Å². The van der Waals surface area contributed by atoms with Crippen molar-refractivity contribution in [3.05, 3.63) is 0 Å². The van der Waals surface area contributed by atoms with Gasteiger partial charge in [-0.05, 0) is 0 Å². The number of amides is 1. The van der Waals surface area contributed by atoms with E-state index in [1.807, 2.05) is 0 Å². The Hall–Kier alpha value is -0.523. The predicted octanol–water partition coefficient (Wildman–Crippen LogP) is 2.67. The van der Waals surface area contributed by atoms with Gasteiger partial charge in [0.2, 0.25) is 0 Å². The molecule has 0 aliphatic carbocycles. The van der Waals surface area contributed by atoms with Crippen LogP contribution in [0.15, 0.2) is 0 Å². The lowest BCUT2D eigenvalue weighted by molar-refractivity contribution is -0.141. The minimum absolute atomic E-state index is 0.278. The van der Waals surface area contributed by atoms with Gasteiger partial charge in [0, 0.05) is 0 Å². The molecular weight excluding hydrogens is 211 g/mol. The first-order valence-electron chi connectivity index (χ1n) is 4.70. The molecule has 1 N–H and O–H groups in total. The van der Waals surface area contributed by atoms with Crippen LogP contribution in [0.5, 0.6) is 0 Å². The highest BCUT2D eigenvalue weighted by Crippen LogP contribution is 2.36. The fourth-order valence-electron chi connectivity index (χ4n) is 1.72. The summed E-state index contributed by atoms with van der Waals surface area (Å²) in [5.74, 6) is -1.78. The van der Waals surface area contributed by atoms with Crippen LogP contribution in [0.1, 0.15) is 20.8 Å². The molecule has 0 atom stereocenters. The molecule has 0 saturated heterocycles. The van der Waals surface area contributed by atoms with Crippen molar-refractivity contribution in [3.8, 4) is 0 Å². The summed E-state index contributed by atoms with van der Waals surface area (Å²) in [6, 6.07) is 0.835. The average Bonchev–Trinajstić information content (AvgIpc) is 2.19. The van der Waals surface area contributed by atoms with Crippen LogP contribution in [0.4, 0.5) is 13.3 Å². The molecule has 0 fully saturated rings. The second-order valence-corrected chi connectivity index (χ2v) is 8.65. The summed E-state index contributed by atoms with van der Waals surface area (Å²) in [6.45, 7) is 4.91. The van der Waals surface area contributed by atoms with Crippen LogP contribution >= 0.6 is 0 Å². The quantitative estimate of drug-likeness (QED) is 0.568. The zero-order valence-electron chi connectivity index (χ0n) is 8.66. The molecule has 0 aromatic carbocycles. The number of carbonyl (C=O) groups excluding carboxylic acids is 1. The van der Waals surface area contributed by atoms with Gasteiger partial charge in [0.1, 0.15) is 0 Å². The van der Waals surface area contributed by atoms with E-state index in [0.717, 1.165) is 0 Å². The van der Waals surface area contributed by atoms with Crippen molar-refractivity contribution in [3.63, 3.8) is 0 Å². The summed E-state index contributed by atoms with van der Waals surface area (Å²) in [5, 5.41) is 0. The minimum Gasteiger partial charge on any atom is -0.266 e. The van der Waals surface area contributed by atoms with Crippen LogP contribution in [0, 0.1) is 0 Å². The zero-order chi connectivity index (χ0) is 11.4. The third-order valence-electron chi connectivity index (χ3n) is 3.07. The maximum Gasteiger partial charge on any atom is 0.313 e. The van der Waals surface area contributed by atoms with Crippen LogP contribution in [-0.2, 0) is 4.79 Å². The van der Waals surface area contributed by atoms with Crippen molar-refractivity contribution in [1.82, 2.24) is 5.54 Å². The average molecular weight is 227 g/mol. The Morgan fingerprint density at radius 2 is 1.57 bits per heavy atom. The third kappa shape index (κ3) is 1.94. The molecular formula is C8H16F3NOSi. The molecule has 84 valence electrons. The number of hydrogen-bond donors (Lipinski definition) is 1. The number of hydrogen-bond acceptors (Lipinski definition) is 1. The van der Waals surface area contributed by atoms with Crippen LogP contribution < -0.4 is 5.54 Å². The van der Waals surface area contributed by atoms with Gasteiger partial charge in [-0.3, -0.25) is 4.79 Å². The van der Waals surface area contributed by atoms with Crippen molar-refractivity contribution in [2.24, 2.45) is 0 Å². The Balaban J connectivity index is 5.07. The molecule has 0 unspecified atom stereocenters. The molecule has 0 spiro atoms. The van der Waals surface area contributed by atoms with Gasteiger partial charge in [-0.25, -0.2) is 8.78 Å². The fraction of sp³-hybridized carbons (Fsp3) is 0.875. The Morgan fingerprint density at radius 1 is 1.21 bits per heavy atom. The summed E-state index contributed by atoms with van der Waals surface area (Å²) >= 11 is 0. The van der Waals surface area contributed by atoms with E-state index in [9.17, 15) is 18.1 Å². The first kappa shape index (κ1) is 13.5. The highest BCUT2D eigenvalue weighted by atomic mass is 28.3. The summed E-state index contributed by atoms with van der Waals surface area (Å²) in [6.07, 6.45) is 0. The van der Waals surface area contributed by atoms with E-state index in [0.29, 0.717) is 5.54 Å². The highest BCUT2D eigenvalue weighted by molar-refractivity contribution is 6.84. The number of carbonyl (C=O) groups is 1. The maximum absolute atomic E-state index is 13.5. The van der Waals surface area contributed by atoms with E-state index in [1.165, 1.54) is 0 Å². The third-order valence-corrected chi connectivity index (χ3v) is 8.69. The number of halogens is 3. The van der Waals surface area contributed by atoms with Gasteiger partial charge in [-0.15, -0.1) is 4.48 Å². The summed E-state index contributed by atoms with van der Waals surface area (Å²) in [4.78, 5) is 10.8. The SMILES string of the molecule is CC[Si](CC)(CC)C(F)(F)C(=O)NF. The molecule has 0 radical (unpaired) electrons. The normalized spacial score (nSPS) is 12.7. The smallest absolute Gasteiger partial charge is 0.266 e. The van der Waals surface area contributed by atoms with Gasteiger partial charge in [0.25, 0.3) is 0 Å². The molecule has 0 aliphatic rings. The van der Waals surface area contributed by atoms with Gasteiger partial charge >= 0.3 is 11.5 Å². The topological polar surface area (TPSA) is 29.1 Å². The van der Waals surface area contributed by atoms with E-state index in [2.05, 4.69) is 0 Å². The molecule has 0 rings (SSSR count). The molecule has 6 heteroatoms. The molecule has 14 heavy (non-hydrogen) atoms. The highest BCUT2D eigenvalue weighted by Gasteiger charge is 2.57. The Labute approximate surface area is 82.8 Å². The Kier molecular flexibility index (Phi) is 4.63. The summed E-state index contributed by atoms with van der Waals surface area (Å²) in [7, 11) is -3.01. The van der Waals surface area contributed by atoms with Crippen LogP contribution in [0.3, 0.4) is 0 Å². The monoisotopic (exact) mass is 227 g/mol. The van der Waals surface area contributed by atoms with Crippen molar-refractivity contribution in [2.75, 3.05) is 0 Å². The van der Waals surface area contributed by atoms with Gasteiger partial charge < -0.3 is 0 Å². The van der Waals surface area contributed by atoms with Gasteiger partial charge in [-0.1, -0.05) is 38.9 Å². The summed E-state index contributed by atoms with van der Waals surface area (Å²) < 4.78 is 38.9. The first-order valence-corrected chi connectivity index (χ1v) is 7.32. The van der Waals surface area contributed by atoms with Crippen molar-refractivity contribution in [1.29, 1.82) is 0 Å². The molecule has 0 aromatic rings. The lowest BCUT2D eigenvalue weighted by Crippen LogP contribution is -2.58. The molecule has 1 amide bonds. The van der Waals surface area contributed by atoms with E-state index in [1.54, 1.807) is 20.8 Å². The van der Waals surface area contributed by atoms with E-state index in [4.69, 9.17) is 0 Å². The summed E-state index contributed by atoms with van der Waals surface area (Å²) in [5.41, 5.74) is -2.95. The number of nitrogens with one attached hydrogen (secondary N) is 1. The standard InChI is InChI=1S/C8H16F3NOSi/c1-4-14(5-2,6-3)8(9,10)7(13)12-11/h4-6H2,1-3H3,(H,12,13). The van der Waals surface area contributed by atoms with Crippen molar-refractivity contribution in [2.45, 2.75) is 44.4 Å². The van der Waals surface area contributed by atoms with Crippen LogP contribution in [-0.4, -0.2) is 19.5 Å². The molecule has 0 heterocycles. The zero-order valence-corrected chi connectivity index (χ0v) is 9.66. The Morgan fingerprint density at radius 3 is 1.79 bits per heavy atom. The first-order chi connectivity index (χ1) is 6.41. The molecule has 0 bridgehead atoms. The fourth-order valence-corrected chi connectivity index (χ4v) is 5.08. The van der Waals surface area contributed by atoms with Gasteiger partial charge in [-0.2, -0.15) is 5.54 Å². The lowest BCUT2D eigenvalue weighted by Gasteiger charge is -2.34. The van der Waals surface area contributed by atoms with Crippen molar-refractivity contribution >= 4 is 14.0 Å². The van der Waals surface area contributed by atoms with Gasteiger partial charge in [0.05, 0.1) is 0 Å². The second kappa shape index (κ2) is 4.81. The Bertz CT molecular complexity index is 198. The van der Waals surface area contributed by atoms with E-state index in [-0.39, 0.29) is 18.1 Å². The second-order valence-electron chi connectivity index (χ2n) is 3.34. The minimum atomic E-state index is -3.51. The van der Waals surface area contributed by atoms with Crippen molar-refractivity contribution < 1.29 is 18.1 Å². The predicted molar refractivity (Wildman–Crippen MR) is 51.4 cm³/mol. The molecule has 0 saturated carbocycles. The molecule has 0 aliphatic heterocycles. The van der Waals surface area contributed by atoms with Gasteiger partial charge in [0.15, 0.2) is 8.07 Å². The lowest BCUT2D eigenvalue weighted by atomic mass is 10.7. The molecule has 2 nitrogen and oxygen atoms in total. The molecule has 0 aromatic heterocycles. The van der Waals surface area contributed by atoms with E-state index >= 15 is 0 Å². The maximum atomic E-state index is 13.5. The number of rotatable bonds is 5. The number of alkyl halides is 2.